The Morgan fingerprint density at radius 2 is 1.96 bits per heavy atom. The lowest BCUT2D eigenvalue weighted by Crippen LogP contribution is -3.11. The third-order valence-electron chi connectivity index (χ3n) is 5.82. The number of quaternary nitrogens is 1. The quantitative estimate of drug-likeness (QED) is 0.866. The Morgan fingerprint density at radius 1 is 1.16 bits per heavy atom. The number of ether oxygens (including phenoxy) is 1. The summed E-state index contributed by atoms with van der Waals surface area (Å²) in [5.41, 5.74) is 1.95. The molecule has 3 aliphatic rings. The van der Waals surface area contributed by atoms with Gasteiger partial charge in [0.15, 0.2) is 0 Å². The first kappa shape index (κ1) is 15.0. The van der Waals surface area contributed by atoms with Gasteiger partial charge in [0, 0.05) is 12.0 Å². The van der Waals surface area contributed by atoms with Crippen molar-refractivity contribution >= 4 is 5.71 Å². The van der Waals surface area contributed by atoms with Gasteiger partial charge >= 0.3 is 0 Å². The highest BCUT2D eigenvalue weighted by molar-refractivity contribution is 5.99. The van der Waals surface area contributed by atoms with Crippen molar-refractivity contribution in [3.63, 3.8) is 0 Å². The minimum atomic E-state index is -0.318. The van der Waals surface area contributed by atoms with Crippen LogP contribution >= 0.6 is 0 Å². The summed E-state index contributed by atoms with van der Waals surface area (Å²) in [6.45, 7) is 4.19. The summed E-state index contributed by atoms with van der Waals surface area (Å²) < 4.78 is 12.4. The van der Waals surface area contributed by atoms with Crippen LogP contribution in [0.3, 0.4) is 0 Å². The Balaban J connectivity index is 1.58. The molecule has 0 saturated carbocycles. The van der Waals surface area contributed by atoms with Crippen LogP contribution in [-0.4, -0.2) is 36.6 Å². The zero-order valence-electron chi connectivity index (χ0n) is 14.8. The second kappa shape index (κ2) is 5.36. The highest BCUT2D eigenvalue weighted by Gasteiger charge is 2.52. The first-order chi connectivity index (χ1) is 12.1. The van der Waals surface area contributed by atoms with E-state index in [4.69, 9.17) is 14.3 Å². The highest BCUT2D eigenvalue weighted by atomic mass is 16.5. The third-order valence-corrected chi connectivity index (χ3v) is 5.82. The molecule has 1 spiro atoms. The summed E-state index contributed by atoms with van der Waals surface area (Å²) >= 11 is 0. The van der Waals surface area contributed by atoms with Crippen molar-refractivity contribution in [1.82, 2.24) is 5.01 Å². The number of para-hydroxylation sites is 1. The summed E-state index contributed by atoms with van der Waals surface area (Å²) in [4.78, 5) is 1.56. The van der Waals surface area contributed by atoms with Gasteiger partial charge in [0.1, 0.15) is 23.0 Å². The number of rotatable bonds is 1. The van der Waals surface area contributed by atoms with Gasteiger partial charge in [-0.05, 0) is 25.1 Å². The lowest BCUT2D eigenvalue weighted by molar-refractivity contribution is -0.888. The molecule has 0 unspecified atom stereocenters. The van der Waals surface area contributed by atoms with Crippen LogP contribution in [0.25, 0.3) is 0 Å². The van der Waals surface area contributed by atoms with Gasteiger partial charge in [-0.3, -0.25) is 0 Å². The minimum Gasteiger partial charge on any atom is -0.466 e. The Labute approximate surface area is 147 Å². The summed E-state index contributed by atoms with van der Waals surface area (Å²) in [5, 5.41) is 7.26. The van der Waals surface area contributed by atoms with E-state index >= 15 is 0 Å². The number of fused-ring (bicyclic) bond motifs is 4. The lowest BCUT2D eigenvalue weighted by Gasteiger charge is -2.49. The first-order valence-corrected chi connectivity index (χ1v) is 9.17. The van der Waals surface area contributed by atoms with Crippen LogP contribution in [0.5, 0.6) is 5.75 Å². The number of likely N-dealkylation sites (tertiary alicyclic amines) is 1. The topological polar surface area (TPSA) is 42.4 Å². The van der Waals surface area contributed by atoms with E-state index in [2.05, 4.69) is 36.3 Å². The van der Waals surface area contributed by atoms with Crippen molar-refractivity contribution in [2.24, 2.45) is 5.10 Å². The van der Waals surface area contributed by atoms with Crippen molar-refractivity contribution in [3.05, 3.63) is 53.5 Å². The maximum Gasteiger partial charge on any atom is 0.208 e. The van der Waals surface area contributed by atoms with E-state index in [0.29, 0.717) is 0 Å². The normalized spacial score (nSPS) is 30.6. The number of benzene rings is 1. The molecule has 1 N–H and O–H groups in total. The number of hydrogen-bond donors (Lipinski definition) is 1. The Bertz CT molecular complexity index is 833. The maximum absolute atomic E-state index is 6.59. The van der Waals surface area contributed by atoms with Gasteiger partial charge in [-0.1, -0.05) is 18.2 Å². The second-order valence-electron chi connectivity index (χ2n) is 7.56. The Morgan fingerprint density at radius 3 is 2.72 bits per heavy atom. The monoisotopic (exact) mass is 338 g/mol. The number of hydrogen-bond acceptors (Lipinski definition) is 4. The number of hydrazone groups is 1. The van der Waals surface area contributed by atoms with Gasteiger partial charge in [-0.15, -0.1) is 0 Å². The van der Waals surface area contributed by atoms with Crippen LogP contribution in [0.1, 0.15) is 42.4 Å². The van der Waals surface area contributed by atoms with Crippen LogP contribution in [0, 0.1) is 6.92 Å². The summed E-state index contributed by atoms with van der Waals surface area (Å²) in [6, 6.07) is 12.7. The summed E-state index contributed by atoms with van der Waals surface area (Å²) in [6.07, 6.45) is 2.87. The molecule has 0 aliphatic carbocycles. The summed E-state index contributed by atoms with van der Waals surface area (Å²) in [7, 11) is 2.26. The number of aryl methyl sites for hydroxylation is 1. The molecule has 1 aromatic heterocycles. The Hall–Kier alpha value is -2.27. The fraction of sp³-hybridized carbons (Fsp3) is 0.450. The molecule has 5 nitrogen and oxygen atoms in total. The molecule has 5 heteroatoms. The lowest BCUT2D eigenvalue weighted by atomic mass is 9.91. The molecule has 0 radical (unpaired) electrons. The minimum absolute atomic E-state index is 0.240. The predicted octanol–water partition coefficient (Wildman–Crippen LogP) is 2.14. The third kappa shape index (κ3) is 2.29. The van der Waals surface area contributed by atoms with Gasteiger partial charge in [0.25, 0.3) is 0 Å². The second-order valence-corrected chi connectivity index (χ2v) is 7.56. The number of piperidine rings is 1. The molecule has 0 bridgehead atoms. The zero-order chi connectivity index (χ0) is 17.0. The van der Waals surface area contributed by atoms with Crippen molar-refractivity contribution < 1.29 is 14.1 Å². The number of furan rings is 1. The van der Waals surface area contributed by atoms with E-state index in [1.807, 2.05) is 19.1 Å². The summed E-state index contributed by atoms with van der Waals surface area (Å²) in [5.74, 6) is 2.84. The van der Waals surface area contributed by atoms with Crippen molar-refractivity contribution in [3.8, 4) is 5.75 Å². The van der Waals surface area contributed by atoms with Gasteiger partial charge < -0.3 is 14.1 Å². The standard InChI is InChI=1S/C20H23N3O2/c1-14-7-8-19(24-14)16-13-17-15-5-3-4-6-18(15)25-20(23(17)21-16)9-11-22(2)12-10-20/h3-8,17H,9-13H2,1-2H3/p+1/t17-/m1/s1. The molecule has 1 saturated heterocycles. The van der Waals surface area contributed by atoms with Gasteiger partial charge in [0.2, 0.25) is 5.72 Å². The predicted molar refractivity (Wildman–Crippen MR) is 94.8 cm³/mol. The average molecular weight is 338 g/mol. The molecule has 1 fully saturated rings. The molecular weight excluding hydrogens is 314 g/mol. The zero-order valence-corrected chi connectivity index (χ0v) is 14.8. The van der Waals surface area contributed by atoms with E-state index in [1.54, 1.807) is 4.90 Å². The van der Waals surface area contributed by atoms with Crippen molar-refractivity contribution in [1.29, 1.82) is 0 Å². The van der Waals surface area contributed by atoms with Gasteiger partial charge in [-0.25, -0.2) is 5.01 Å². The van der Waals surface area contributed by atoms with E-state index in [-0.39, 0.29) is 11.8 Å². The molecular formula is C20H24N3O2+. The average Bonchev–Trinajstić information content (AvgIpc) is 3.25. The van der Waals surface area contributed by atoms with Gasteiger partial charge in [0.05, 0.1) is 39.0 Å². The van der Waals surface area contributed by atoms with E-state index in [1.165, 1.54) is 5.56 Å². The van der Waals surface area contributed by atoms with E-state index in [9.17, 15) is 0 Å². The molecule has 5 rings (SSSR count). The molecule has 2 aromatic rings. The molecule has 1 atom stereocenters. The van der Waals surface area contributed by atoms with E-state index in [0.717, 1.165) is 55.3 Å². The molecule has 130 valence electrons. The van der Waals surface area contributed by atoms with Crippen LogP contribution in [0.15, 0.2) is 45.9 Å². The molecule has 0 amide bonds. The molecule has 3 aliphatic heterocycles. The van der Waals surface area contributed by atoms with E-state index < -0.39 is 0 Å². The molecule has 4 heterocycles. The first-order valence-electron chi connectivity index (χ1n) is 9.17. The fourth-order valence-corrected chi connectivity index (χ4v) is 4.37. The van der Waals surface area contributed by atoms with Crippen LogP contribution < -0.4 is 9.64 Å². The van der Waals surface area contributed by atoms with Crippen LogP contribution in [0.2, 0.25) is 0 Å². The highest BCUT2D eigenvalue weighted by Crippen LogP contribution is 2.49. The Kier molecular flexibility index (Phi) is 3.22. The van der Waals surface area contributed by atoms with Crippen LogP contribution in [-0.2, 0) is 0 Å². The number of nitrogens with one attached hydrogen (secondary N) is 1. The van der Waals surface area contributed by atoms with Crippen molar-refractivity contribution in [2.75, 3.05) is 20.1 Å². The SMILES string of the molecule is Cc1ccc(C2=NN3[C@H](C2)c2ccccc2OC32CC[NH+](C)CC2)o1. The smallest absolute Gasteiger partial charge is 0.208 e. The van der Waals surface area contributed by atoms with Crippen LogP contribution in [0.4, 0.5) is 0 Å². The number of nitrogens with zero attached hydrogens (tertiary/aromatic N) is 2. The van der Waals surface area contributed by atoms with Gasteiger partial charge in [-0.2, -0.15) is 5.10 Å². The van der Waals surface area contributed by atoms with Crippen molar-refractivity contribution in [2.45, 2.75) is 38.0 Å². The molecule has 1 aromatic carbocycles. The fourth-order valence-electron chi connectivity index (χ4n) is 4.37. The largest absolute Gasteiger partial charge is 0.466 e. The maximum atomic E-state index is 6.59. The molecule has 25 heavy (non-hydrogen) atoms.